The van der Waals surface area contributed by atoms with Crippen molar-refractivity contribution in [1.29, 1.82) is 0 Å². The fourth-order valence-corrected chi connectivity index (χ4v) is 2.51. The van der Waals surface area contributed by atoms with Crippen molar-refractivity contribution >= 4 is 34.2 Å². The first-order valence-electron chi connectivity index (χ1n) is 7.01. The van der Waals surface area contributed by atoms with Gasteiger partial charge < -0.3 is 10.3 Å². The minimum absolute atomic E-state index is 0.0363. The molecule has 0 amide bonds. The Morgan fingerprint density at radius 3 is 2.83 bits per heavy atom. The van der Waals surface area contributed by atoms with E-state index in [2.05, 4.69) is 26.9 Å². The number of H-pyrrole nitrogens is 1. The molecule has 0 radical (unpaired) electrons. The van der Waals surface area contributed by atoms with Crippen LogP contribution in [-0.4, -0.2) is 22.9 Å². The van der Waals surface area contributed by atoms with E-state index in [0.717, 1.165) is 6.07 Å². The highest BCUT2D eigenvalue weighted by atomic mass is 35.5. The van der Waals surface area contributed by atoms with E-state index < -0.39 is 11.6 Å². The maximum absolute atomic E-state index is 14.0. The maximum Gasteiger partial charge on any atom is 0.182 e. The van der Waals surface area contributed by atoms with Gasteiger partial charge in [0.15, 0.2) is 11.6 Å². The number of aromatic nitrogens is 2. The lowest BCUT2D eigenvalue weighted by atomic mass is 10.1. The average Bonchev–Trinajstić information content (AvgIpc) is 2.96. The Morgan fingerprint density at radius 1 is 1.33 bits per heavy atom. The molecule has 3 aromatic rings. The van der Waals surface area contributed by atoms with Gasteiger partial charge in [-0.25, -0.2) is 13.8 Å². The number of rotatable bonds is 3. The van der Waals surface area contributed by atoms with Crippen LogP contribution in [0.25, 0.3) is 22.2 Å². The number of anilines is 1. The SMILES string of the molecule is C=C/C(=N\C)Nc1cc(-c2cnc3[nH]cc(Cl)c3c2)cc(F)c1F. The Balaban J connectivity index is 2.11. The lowest BCUT2D eigenvalue weighted by Gasteiger charge is -2.10. The van der Waals surface area contributed by atoms with Crippen molar-refractivity contribution in [3.63, 3.8) is 0 Å². The standard InChI is InChI=1S/C17H13ClF2N4/c1-3-15(21-2)24-14-6-9(5-13(19)16(14)20)10-4-11-12(18)8-23-17(11)22-7-10/h3-8H,1H2,2H3,(H,21,24)(H,22,23). The van der Waals surface area contributed by atoms with E-state index in [0.29, 0.717) is 33.0 Å². The lowest BCUT2D eigenvalue weighted by molar-refractivity contribution is 0.512. The van der Waals surface area contributed by atoms with Gasteiger partial charge in [-0.05, 0) is 29.8 Å². The number of nitrogens with one attached hydrogen (secondary N) is 2. The third-order valence-corrected chi connectivity index (χ3v) is 3.85. The third-order valence-electron chi connectivity index (χ3n) is 3.54. The molecule has 1 aromatic carbocycles. The minimum Gasteiger partial charge on any atom is -0.345 e. The fraction of sp³-hybridized carbons (Fsp3) is 0.0588. The van der Waals surface area contributed by atoms with Gasteiger partial charge in [0.1, 0.15) is 11.5 Å². The Bertz CT molecular complexity index is 963. The molecule has 7 heteroatoms. The minimum atomic E-state index is -0.990. The molecule has 122 valence electrons. The summed E-state index contributed by atoms with van der Waals surface area (Å²) in [6, 6.07) is 4.36. The summed E-state index contributed by atoms with van der Waals surface area (Å²) in [6.45, 7) is 3.56. The maximum atomic E-state index is 14.0. The van der Waals surface area contributed by atoms with E-state index in [9.17, 15) is 8.78 Å². The molecular weight excluding hydrogens is 334 g/mol. The number of halogens is 3. The highest BCUT2D eigenvalue weighted by molar-refractivity contribution is 6.35. The molecule has 0 fully saturated rings. The third kappa shape index (κ3) is 2.88. The largest absolute Gasteiger partial charge is 0.345 e. The molecule has 0 unspecified atom stereocenters. The zero-order chi connectivity index (χ0) is 17.3. The van der Waals surface area contributed by atoms with Gasteiger partial charge >= 0.3 is 0 Å². The van der Waals surface area contributed by atoms with Crippen LogP contribution in [0, 0.1) is 11.6 Å². The summed E-state index contributed by atoms with van der Waals surface area (Å²) < 4.78 is 28.0. The predicted octanol–water partition coefficient (Wildman–Crippen LogP) is 4.79. The van der Waals surface area contributed by atoms with Gasteiger partial charge in [0.2, 0.25) is 0 Å². The van der Waals surface area contributed by atoms with Crippen LogP contribution >= 0.6 is 11.6 Å². The number of aromatic amines is 1. The number of amidine groups is 1. The van der Waals surface area contributed by atoms with Crippen molar-refractivity contribution in [2.24, 2.45) is 4.99 Å². The second-order valence-corrected chi connectivity index (χ2v) is 5.42. The van der Waals surface area contributed by atoms with E-state index >= 15 is 0 Å². The van der Waals surface area contributed by atoms with Crippen molar-refractivity contribution in [1.82, 2.24) is 9.97 Å². The zero-order valence-electron chi connectivity index (χ0n) is 12.7. The topological polar surface area (TPSA) is 53.1 Å². The van der Waals surface area contributed by atoms with Gasteiger partial charge in [-0.15, -0.1) is 0 Å². The Hall–Kier alpha value is -2.73. The molecule has 0 atom stereocenters. The quantitative estimate of drug-likeness (QED) is 0.529. The molecule has 24 heavy (non-hydrogen) atoms. The van der Waals surface area contributed by atoms with E-state index in [4.69, 9.17) is 11.6 Å². The van der Waals surface area contributed by atoms with Crippen molar-refractivity contribution in [3.8, 4) is 11.1 Å². The van der Waals surface area contributed by atoms with Crippen LogP contribution in [0.15, 0.2) is 48.2 Å². The summed E-state index contributed by atoms with van der Waals surface area (Å²) in [4.78, 5) is 11.0. The van der Waals surface area contributed by atoms with Crippen LogP contribution in [0.1, 0.15) is 0 Å². The van der Waals surface area contributed by atoms with Crippen LogP contribution in [0.3, 0.4) is 0 Å². The molecule has 0 bridgehead atoms. The fourth-order valence-electron chi connectivity index (χ4n) is 2.31. The first-order chi connectivity index (χ1) is 11.5. The number of benzene rings is 1. The molecule has 3 rings (SSSR count). The molecule has 0 saturated carbocycles. The smallest absolute Gasteiger partial charge is 0.182 e. The summed E-state index contributed by atoms with van der Waals surface area (Å²) >= 11 is 6.08. The number of nitrogens with zero attached hydrogens (tertiary/aromatic N) is 2. The molecule has 2 N–H and O–H groups in total. The molecule has 0 aliphatic rings. The highest BCUT2D eigenvalue weighted by Gasteiger charge is 2.14. The highest BCUT2D eigenvalue weighted by Crippen LogP contribution is 2.30. The zero-order valence-corrected chi connectivity index (χ0v) is 13.5. The summed E-state index contributed by atoms with van der Waals surface area (Å²) in [7, 11) is 1.52. The number of aliphatic imine (C=N–C) groups is 1. The second kappa shape index (κ2) is 6.41. The second-order valence-electron chi connectivity index (χ2n) is 5.01. The normalized spacial score (nSPS) is 11.8. The molecule has 0 spiro atoms. The molecule has 2 heterocycles. The number of pyridine rings is 1. The van der Waals surface area contributed by atoms with Crippen molar-refractivity contribution in [2.45, 2.75) is 0 Å². The van der Waals surface area contributed by atoms with Crippen LogP contribution in [0.2, 0.25) is 5.02 Å². The lowest BCUT2D eigenvalue weighted by Crippen LogP contribution is -2.10. The predicted molar refractivity (Wildman–Crippen MR) is 93.6 cm³/mol. The van der Waals surface area contributed by atoms with Crippen LogP contribution in [-0.2, 0) is 0 Å². The summed E-state index contributed by atoms with van der Waals surface area (Å²) in [5, 5.41) is 3.92. The van der Waals surface area contributed by atoms with Gasteiger partial charge in [-0.3, -0.25) is 4.99 Å². The number of hydrogen-bond acceptors (Lipinski definition) is 2. The number of hydrogen-bond donors (Lipinski definition) is 2. The van der Waals surface area contributed by atoms with E-state index in [-0.39, 0.29) is 5.69 Å². The van der Waals surface area contributed by atoms with Crippen molar-refractivity contribution in [3.05, 3.63) is 59.9 Å². The molecular formula is C17H13ClF2N4. The average molecular weight is 347 g/mol. The Labute approximate surface area is 141 Å². The van der Waals surface area contributed by atoms with E-state index in [1.807, 2.05) is 0 Å². The van der Waals surface area contributed by atoms with E-state index in [1.165, 1.54) is 19.2 Å². The van der Waals surface area contributed by atoms with E-state index in [1.54, 1.807) is 18.5 Å². The Morgan fingerprint density at radius 2 is 2.12 bits per heavy atom. The van der Waals surface area contributed by atoms with Gasteiger partial charge in [0, 0.05) is 30.4 Å². The molecule has 0 aliphatic carbocycles. The summed E-state index contributed by atoms with van der Waals surface area (Å²) in [6.07, 6.45) is 4.60. The van der Waals surface area contributed by atoms with Crippen LogP contribution in [0.5, 0.6) is 0 Å². The molecule has 0 aliphatic heterocycles. The summed E-state index contributed by atoms with van der Waals surface area (Å²) in [5.41, 5.74) is 1.66. The molecule has 2 aromatic heterocycles. The monoisotopic (exact) mass is 346 g/mol. The Kier molecular flexibility index (Phi) is 4.31. The van der Waals surface area contributed by atoms with Gasteiger partial charge in [0.25, 0.3) is 0 Å². The van der Waals surface area contributed by atoms with Crippen molar-refractivity contribution < 1.29 is 8.78 Å². The first-order valence-corrected chi connectivity index (χ1v) is 7.39. The molecule has 0 saturated heterocycles. The first kappa shape index (κ1) is 16.1. The van der Waals surface area contributed by atoms with Crippen molar-refractivity contribution in [2.75, 3.05) is 12.4 Å². The van der Waals surface area contributed by atoms with Crippen LogP contribution in [0.4, 0.5) is 14.5 Å². The van der Waals surface area contributed by atoms with Crippen LogP contribution < -0.4 is 5.32 Å². The van der Waals surface area contributed by atoms with Gasteiger partial charge in [-0.1, -0.05) is 18.2 Å². The molecule has 4 nitrogen and oxygen atoms in total. The number of fused-ring (bicyclic) bond motifs is 1. The van der Waals surface area contributed by atoms with Gasteiger partial charge in [-0.2, -0.15) is 0 Å². The summed E-state index contributed by atoms with van der Waals surface area (Å²) in [5.74, 6) is -1.64. The van der Waals surface area contributed by atoms with Gasteiger partial charge in [0.05, 0.1) is 10.7 Å².